The normalized spacial score (nSPS) is 11.5. The highest BCUT2D eigenvalue weighted by atomic mass is 35.5. The molecule has 0 radical (unpaired) electrons. The molecule has 2 rings (SSSR count). The van der Waals surface area contributed by atoms with Gasteiger partial charge in [0.25, 0.3) is 0 Å². The number of nitrogens with one attached hydrogen (secondary N) is 1. The van der Waals surface area contributed by atoms with E-state index in [1.807, 2.05) is 26.0 Å². The van der Waals surface area contributed by atoms with E-state index in [1.54, 1.807) is 12.1 Å². The molecule has 1 N–H and O–H groups in total. The molecular formula is C16H17Cl2NO3S. The Morgan fingerprint density at radius 3 is 2.35 bits per heavy atom. The Labute approximate surface area is 146 Å². The van der Waals surface area contributed by atoms with Crippen LogP contribution in [0, 0.1) is 13.8 Å². The van der Waals surface area contributed by atoms with Crippen LogP contribution in [-0.4, -0.2) is 21.6 Å². The highest BCUT2D eigenvalue weighted by Gasteiger charge is 2.13. The number of aryl methyl sites for hydroxylation is 2. The van der Waals surface area contributed by atoms with Crippen molar-refractivity contribution in [1.82, 2.24) is 4.72 Å². The van der Waals surface area contributed by atoms with Gasteiger partial charge < -0.3 is 4.74 Å². The SMILES string of the molecule is Cc1cc(OCCNS(=O)(=O)c2cccc(Cl)c2)cc(C)c1Cl. The molecule has 0 heterocycles. The summed E-state index contributed by atoms with van der Waals surface area (Å²) >= 11 is 11.9. The minimum Gasteiger partial charge on any atom is -0.492 e. The number of hydrogen-bond acceptors (Lipinski definition) is 3. The topological polar surface area (TPSA) is 55.4 Å². The number of rotatable bonds is 6. The highest BCUT2D eigenvalue weighted by Crippen LogP contribution is 2.25. The fourth-order valence-electron chi connectivity index (χ4n) is 2.05. The number of ether oxygens (including phenoxy) is 1. The van der Waals surface area contributed by atoms with E-state index in [0.717, 1.165) is 11.1 Å². The molecule has 23 heavy (non-hydrogen) atoms. The summed E-state index contributed by atoms with van der Waals surface area (Å²) in [6.45, 7) is 4.14. The van der Waals surface area contributed by atoms with Gasteiger partial charge in [-0.25, -0.2) is 13.1 Å². The summed E-state index contributed by atoms with van der Waals surface area (Å²) in [5, 5.41) is 1.08. The summed E-state index contributed by atoms with van der Waals surface area (Å²) < 4.78 is 32.3. The maximum Gasteiger partial charge on any atom is 0.240 e. The molecule has 0 fully saturated rings. The lowest BCUT2D eigenvalue weighted by atomic mass is 10.1. The third kappa shape index (κ3) is 4.85. The monoisotopic (exact) mass is 373 g/mol. The molecule has 0 aliphatic heterocycles. The quantitative estimate of drug-likeness (QED) is 0.779. The Bertz CT molecular complexity index is 784. The summed E-state index contributed by atoms with van der Waals surface area (Å²) in [5.41, 5.74) is 1.84. The second kappa shape index (κ2) is 7.53. The van der Waals surface area contributed by atoms with E-state index in [-0.39, 0.29) is 18.0 Å². The molecule has 0 aliphatic rings. The number of benzene rings is 2. The first-order valence-corrected chi connectivity index (χ1v) is 9.18. The molecule has 0 aromatic heterocycles. The van der Waals surface area contributed by atoms with E-state index < -0.39 is 10.0 Å². The van der Waals surface area contributed by atoms with Crippen molar-refractivity contribution in [2.75, 3.05) is 13.2 Å². The molecule has 2 aromatic rings. The first kappa shape index (κ1) is 18.1. The zero-order valence-corrected chi connectivity index (χ0v) is 15.1. The van der Waals surface area contributed by atoms with Crippen molar-refractivity contribution in [3.8, 4) is 5.75 Å². The van der Waals surface area contributed by atoms with Crippen molar-refractivity contribution >= 4 is 33.2 Å². The number of halogens is 2. The molecule has 2 aromatic carbocycles. The van der Waals surface area contributed by atoms with Gasteiger partial charge in [0.15, 0.2) is 0 Å². The standard InChI is InChI=1S/C16H17Cl2NO3S/c1-11-8-14(9-12(2)16(11)18)22-7-6-19-23(20,21)15-5-3-4-13(17)10-15/h3-5,8-10,19H,6-7H2,1-2H3. The second-order valence-corrected chi connectivity index (χ2v) is 7.66. The number of sulfonamides is 1. The maximum absolute atomic E-state index is 12.1. The van der Waals surface area contributed by atoms with Crippen molar-refractivity contribution < 1.29 is 13.2 Å². The average molecular weight is 374 g/mol. The van der Waals surface area contributed by atoms with Crippen LogP contribution < -0.4 is 9.46 Å². The zero-order chi connectivity index (χ0) is 17.0. The van der Waals surface area contributed by atoms with Gasteiger partial charge in [-0.3, -0.25) is 0 Å². The summed E-state index contributed by atoms with van der Waals surface area (Å²) in [6, 6.07) is 9.74. The molecule has 0 unspecified atom stereocenters. The first-order valence-electron chi connectivity index (χ1n) is 6.94. The molecule has 0 atom stereocenters. The second-order valence-electron chi connectivity index (χ2n) is 5.07. The fourth-order valence-corrected chi connectivity index (χ4v) is 3.47. The van der Waals surface area contributed by atoms with Crippen LogP contribution in [0.4, 0.5) is 0 Å². The van der Waals surface area contributed by atoms with Gasteiger partial charge in [-0.1, -0.05) is 29.3 Å². The van der Waals surface area contributed by atoms with Crippen molar-refractivity contribution in [3.05, 3.63) is 57.6 Å². The lowest BCUT2D eigenvalue weighted by Crippen LogP contribution is -2.28. The zero-order valence-electron chi connectivity index (χ0n) is 12.8. The molecular weight excluding hydrogens is 357 g/mol. The Morgan fingerprint density at radius 2 is 1.74 bits per heavy atom. The van der Waals surface area contributed by atoms with Crippen LogP contribution in [0.5, 0.6) is 5.75 Å². The average Bonchev–Trinajstić information content (AvgIpc) is 2.49. The number of hydrogen-bond donors (Lipinski definition) is 1. The molecule has 0 bridgehead atoms. The summed E-state index contributed by atoms with van der Waals surface area (Å²) in [6.07, 6.45) is 0. The summed E-state index contributed by atoms with van der Waals surface area (Å²) in [5.74, 6) is 0.659. The Balaban J connectivity index is 1.93. The minimum absolute atomic E-state index is 0.128. The molecule has 7 heteroatoms. The molecule has 0 saturated heterocycles. The molecule has 0 amide bonds. The van der Waals surface area contributed by atoms with Gasteiger partial charge in [-0.2, -0.15) is 0 Å². The lowest BCUT2D eigenvalue weighted by Gasteiger charge is -2.11. The molecule has 124 valence electrons. The van der Waals surface area contributed by atoms with Crippen LogP contribution in [-0.2, 0) is 10.0 Å². The van der Waals surface area contributed by atoms with E-state index in [4.69, 9.17) is 27.9 Å². The molecule has 0 saturated carbocycles. The van der Waals surface area contributed by atoms with E-state index in [9.17, 15) is 8.42 Å². The van der Waals surface area contributed by atoms with Crippen molar-refractivity contribution in [1.29, 1.82) is 0 Å². The Morgan fingerprint density at radius 1 is 1.09 bits per heavy atom. The molecule has 4 nitrogen and oxygen atoms in total. The fraction of sp³-hybridized carbons (Fsp3) is 0.250. The summed E-state index contributed by atoms with van der Waals surface area (Å²) in [7, 11) is -3.60. The van der Waals surface area contributed by atoms with Crippen LogP contribution in [0.25, 0.3) is 0 Å². The van der Waals surface area contributed by atoms with Crippen molar-refractivity contribution in [2.24, 2.45) is 0 Å². The van der Waals surface area contributed by atoms with Crippen LogP contribution in [0.3, 0.4) is 0 Å². The first-order chi connectivity index (χ1) is 10.8. The predicted molar refractivity (Wildman–Crippen MR) is 93.1 cm³/mol. The van der Waals surface area contributed by atoms with Gasteiger partial charge in [-0.15, -0.1) is 0 Å². The van der Waals surface area contributed by atoms with Gasteiger partial charge in [-0.05, 0) is 55.3 Å². The van der Waals surface area contributed by atoms with Gasteiger partial charge in [0, 0.05) is 16.6 Å². The van der Waals surface area contributed by atoms with Gasteiger partial charge in [0.2, 0.25) is 10.0 Å². The van der Waals surface area contributed by atoms with Gasteiger partial charge in [0.05, 0.1) is 4.90 Å². The van der Waals surface area contributed by atoms with Crippen LogP contribution >= 0.6 is 23.2 Å². The Kier molecular flexibility index (Phi) is 5.92. The molecule has 0 aliphatic carbocycles. The minimum atomic E-state index is -3.60. The maximum atomic E-state index is 12.1. The van der Waals surface area contributed by atoms with Crippen molar-refractivity contribution in [3.63, 3.8) is 0 Å². The van der Waals surface area contributed by atoms with E-state index in [2.05, 4.69) is 4.72 Å². The highest BCUT2D eigenvalue weighted by molar-refractivity contribution is 7.89. The van der Waals surface area contributed by atoms with E-state index in [0.29, 0.717) is 15.8 Å². The van der Waals surface area contributed by atoms with Crippen LogP contribution in [0.2, 0.25) is 10.0 Å². The van der Waals surface area contributed by atoms with E-state index >= 15 is 0 Å². The van der Waals surface area contributed by atoms with Crippen LogP contribution in [0.1, 0.15) is 11.1 Å². The summed E-state index contributed by atoms with van der Waals surface area (Å²) in [4.78, 5) is 0.128. The smallest absolute Gasteiger partial charge is 0.240 e. The van der Waals surface area contributed by atoms with Crippen molar-refractivity contribution in [2.45, 2.75) is 18.7 Å². The van der Waals surface area contributed by atoms with Gasteiger partial charge in [0.1, 0.15) is 12.4 Å². The van der Waals surface area contributed by atoms with Crippen LogP contribution in [0.15, 0.2) is 41.3 Å². The lowest BCUT2D eigenvalue weighted by molar-refractivity contribution is 0.322. The third-order valence-electron chi connectivity index (χ3n) is 3.18. The third-order valence-corrected chi connectivity index (χ3v) is 5.47. The Hall–Kier alpha value is -1.27. The van der Waals surface area contributed by atoms with Gasteiger partial charge >= 0.3 is 0 Å². The largest absolute Gasteiger partial charge is 0.492 e. The molecule has 0 spiro atoms. The van der Waals surface area contributed by atoms with E-state index in [1.165, 1.54) is 12.1 Å². The predicted octanol–water partition coefficient (Wildman–Crippen LogP) is 3.97.